The van der Waals surface area contributed by atoms with Gasteiger partial charge in [-0.25, -0.2) is 9.97 Å². The van der Waals surface area contributed by atoms with Gasteiger partial charge in [0.25, 0.3) is 11.8 Å². The summed E-state index contributed by atoms with van der Waals surface area (Å²) < 4.78 is 11.1. The first-order valence-electron chi connectivity index (χ1n) is 8.53. The molecule has 0 aliphatic heterocycles. The Morgan fingerprint density at radius 2 is 1.92 bits per heavy atom. The zero-order valence-electron chi connectivity index (χ0n) is 14.5. The van der Waals surface area contributed by atoms with Crippen molar-refractivity contribution in [3.05, 3.63) is 47.9 Å². The fourth-order valence-corrected chi connectivity index (χ4v) is 3.07. The molecule has 1 amide bonds. The van der Waals surface area contributed by atoms with Gasteiger partial charge < -0.3 is 14.8 Å². The fraction of sp³-hybridized carbons (Fsp3) is 0.368. The molecule has 1 heterocycles. The van der Waals surface area contributed by atoms with Gasteiger partial charge in [0.2, 0.25) is 5.69 Å². The maximum absolute atomic E-state index is 12.5. The number of carbonyl (C=O) groups excluding carboxylic acids is 1. The van der Waals surface area contributed by atoms with Crippen LogP contribution in [0.25, 0.3) is 0 Å². The van der Waals surface area contributed by atoms with Crippen LogP contribution in [0.1, 0.15) is 41.7 Å². The third kappa shape index (κ3) is 4.09. The Bertz CT molecular complexity index is 810. The van der Waals surface area contributed by atoms with Crippen molar-refractivity contribution in [1.82, 2.24) is 15.3 Å². The topological polar surface area (TPSA) is 97.1 Å². The van der Waals surface area contributed by atoms with E-state index in [2.05, 4.69) is 15.3 Å². The normalized spacial score (nSPS) is 19.2. The van der Waals surface area contributed by atoms with E-state index in [9.17, 15) is 4.79 Å². The van der Waals surface area contributed by atoms with Crippen LogP contribution in [0.3, 0.4) is 0 Å². The summed E-state index contributed by atoms with van der Waals surface area (Å²) in [7, 11) is 1.55. The highest BCUT2D eigenvalue weighted by Gasteiger charge is 2.25. The SMILES string of the molecule is COc1ccccc1C(=O)NC1CCC(Oc2nccnc2C#N)CC1. The van der Waals surface area contributed by atoms with Crippen LogP contribution in [0.15, 0.2) is 36.7 Å². The van der Waals surface area contributed by atoms with Crippen LogP contribution < -0.4 is 14.8 Å². The first-order valence-corrected chi connectivity index (χ1v) is 8.53. The molecule has 1 aliphatic carbocycles. The van der Waals surface area contributed by atoms with E-state index in [0.29, 0.717) is 11.3 Å². The highest BCUT2D eigenvalue weighted by Crippen LogP contribution is 2.25. The Kier molecular flexibility index (Phi) is 5.64. The van der Waals surface area contributed by atoms with Crippen LogP contribution in [0, 0.1) is 11.3 Å². The predicted octanol–water partition coefficient (Wildman–Crippen LogP) is 2.48. The second-order valence-electron chi connectivity index (χ2n) is 6.09. The maximum atomic E-state index is 12.5. The van der Waals surface area contributed by atoms with E-state index in [1.807, 2.05) is 18.2 Å². The quantitative estimate of drug-likeness (QED) is 0.888. The van der Waals surface area contributed by atoms with E-state index in [1.54, 1.807) is 19.2 Å². The summed E-state index contributed by atoms with van der Waals surface area (Å²) in [6.07, 6.45) is 6.10. The summed E-state index contributed by atoms with van der Waals surface area (Å²) in [6.45, 7) is 0. The molecule has 0 saturated heterocycles. The lowest BCUT2D eigenvalue weighted by atomic mass is 9.92. The molecule has 0 radical (unpaired) electrons. The zero-order chi connectivity index (χ0) is 18.4. The molecule has 0 bridgehead atoms. The highest BCUT2D eigenvalue weighted by molar-refractivity contribution is 5.97. The minimum atomic E-state index is -0.132. The monoisotopic (exact) mass is 352 g/mol. The van der Waals surface area contributed by atoms with Crippen LogP contribution >= 0.6 is 0 Å². The van der Waals surface area contributed by atoms with Gasteiger partial charge in [-0.3, -0.25) is 4.79 Å². The molecule has 1 aliphatic rings. The van der Waals surface area contributed by atoms with Crippen molar-refractivity contribution < 1.29 is 14.3 Å². The summed E-state index contributed by atoms with van der Waals surface area (Å²) in [5, 5.41) is 12.1. The molecule has 1 aromatic heterocycles. The summed E-state index contributed by atoms with van der Waals surface area (Å²) in [4.78, 5) is 20.5. The van der Waals surface area contributed by atoms with E-state index >= 15 is 0 Å². The number of aromatic nitrogens is 2. The third-order valence-corrected chi connectivity index (χ3v) is 4.41. The van der Waals surface area contributed by atoms with Crippen molar-refractivity contribution in [2.75, 3.05) is 7.11 Å². The molecule has 7 heteroatoms. The molecular formula is C19H20N4O3. The number of hydrogen-bond acceptors (Lipinski definition) is 6. The van der Waals surface area contributed by atoms with Crippen LogP contribution in [0.4, 0.5) is 0 Å². The molecule has 134 valence electrons. The van der Waals surface area contributed by atoms with Gasteiger partial charge in [-0.05, 0) is 37.8 Å². The largest absolute Gasteiger partial charge is 0.496 e. The van der Waals surface area contributed by atoms with Crippen molar-refractivity contribution in [2.45, 2.75) is 37.8 Å². The molecular weight excluding hydrogens is 332 g/mol. The Labute approximate surface area is 152 Å². The van der Waals surface area contributed by atoms with Gasteiger partial charge in [0, 0.05) is 18.4 Å². The molecule has 1 saturated carbocycles. The van der Waals surface area contributed by atoms with Crippen molar-refractivity contribution in [3.63, 3.8) is 0 Å². The number of amides is 1. The smallest absolute Gasteiger partial charge is 0.255 e. The average Bonchev–Trinajstić information content (AvgIpc) is 2.69. The number of nitrogens with zero attached hydrogens (tertiary/aromatic N) is 3. The summed E-state index contributed by atoms with van der Waals surface area (Å²) in [6, 6.07) is 9.24. The Balaban J connectivity index is 1.54. The van der Waals surface area contributed by atoms with Crippen LogP contribution in [-0.2, 0) is 0 Å². The molecule has 2 aromatic rings. The Morgan fingerprint density at radius 1 is 1.19 bits per heavy atom. The first kappa shape index (κ1) is 17.7. The number of benzene rings is 1. The van der Waals surface area contributed by atoms with E-state index < -0.39 is 0 Å². The van der Waals surface area contributed by atoms with Crippen molar-refractivity contribution >= 4 is 5.91 Å². The molecule has 7 nitrogen and oxygen atoms in total. The minimum Gasteiger partial charge on any atom is -0.496 e. The molecule has 1 aromatic carbocycles. The maximum Gasteiger partial charge on any atom is 0.255 e. The van der Waals surface area contributed by atoms with Crippen molar-refractivity contribution in [3.8, 4) is 17.7 Å². The first-order chi connectivity index (χ1) is 12.7. The number of methoxy groups -OCH3 is 1. The highest BCUT2D eigenvalue weighted by atomic mass is 16.5. The number of ether oxygens (including phenoxy) is 2. The van der Waals surface area contributed by atoms with Crippen molar-refractivity contribution in [1.29, 1.82) is 5.26 Å². The standard InChI is InChI=1S/C19H20N4O3/c1-25-17-5-3-2-4-15(17)18(24)23-13-6-8-14(9-7-13)26-19-16(12-20)21-10-11-22-19/h2-5,10-11,13-14H,6-9H2,1H3,(H,23,24). The molecule has 1 fully saturated rings. The van der Waals surface area contributed by atoms with E-state index in [1.165, 1.54) is 12.4 Å². The van der Waals surface area contributed by atoms with Gasteiger partial charge in [-0.1, -0.05) is 12.1 Å². The summed E-state index contributed by atoms with van der Waals surface area (Å²) >= 11 is 0. The van der Waals surface area contributed by atoms with Gasteiger partial charge in [-0.15, -0.1) is 0 Å². The summed E-state index contributed by atoms with van der Waals surface area (Å²) in [5.74, 6) is 0.706. The van der Waals surface area contributed by atoms with Gasteiger partial charge >= 0.3 is 0 Å². The number of hydrogen-bond donors (Lipinski definition) is 1. The van der Waals surface area contributed by atoms with Crippen molar-refractivity contribution in [2.24, 2.45) is 0 Å². The average molecular weight is 352 g/mol. The number of nitriles is 1. The second-order valence-corrected chi connectivity index (χ2v) is 6.09. The number of carbonyl (C=O) groups is 1. The molecule has 0 atom stereocenters. The van der Waals surface area contributed by atoms with Gasteiger partial charge in [0.1, 0.15) is 17.9 Å². The van der Waals surface area contributed by atoms with E-state index in [4.69, 9.17) is 14.7 Å². The number of para-hydroxylation sites is 1. The molecule has 1 N–H and O–H groups in total. The number of nitrogens with one attached hydrogen (secondary N) is 1. The van der Waals surface area contributed by atoms with Crippen LogP contribution in [-0.4, -0.2) is 35.1 Å². The Hall–Kier alpha value is -3.14. The minimum absolute atomic E-state index is 0.0294. The van der Waals surface area contributed by atoms with Gasteiger partial charge in [-0.2, -0.15) is 5.26 Å². The zero-order valence-corrected chi connectivity index (χ0v) is 14.5. The molecule has 0 spiro atoms. The van der Waals surface area contributed by atoms with E-state index in [0.717, 1.165) is 25.7 Å². The van der Waals surface area contributed by atoms with Gasteiger partial charge in [0.05, 0.1) is 12.7 Å². The lowest BCUT2D eigenvalue weighted by Crippen LogP contribution is -2.39. The Morgan fingerprint density at radius 3 is 2.65 bits per heavy atom. The lowest BCUT2D eigenvalue weighted by Gasteiger charge is -2.29. The summed E-state index contributed by atoms with van der Waals surface area (Å²) in [5.41, 5.74) is 0.727. The predicted molar refractivity (Wildman–Crippen MR) is 93.9 cm³/mol. The second kappa shape index (κ2) is 8.30. The molecule has 3 rings (SSSR count). The lowest BCUT2D eigenvalue weighted by molar-refractivity contribution is 0.0886. The molecule has 0 unspecified atom stereocenters. The van der Waals surface area contributed by atoms with E-state index in [-0.39, 0.29) is 29.6 Å². The van der Waals surface area contributed by atoms with Crippen LogP contribution in [0.5, 0.6) is 11.6 Å². The van der Waals surface area contributed by atoms with Crippen LogP contribution in [0.2, 0.25) is 0 Å². The van der Waals surface area contributed by atoms with Gasteiger partial charge in [0.15, 0.2) is 0 Å². The molecule has 26 heavy (non-hydrogen) atoms. The number of rotatable bonds is 5. The third-order valence-electron chi connectivity index (χ3n) is 4.41. The fourth-order valence-electron chi connectivity index (χ4n) is 3.07.